The summed E-state index contributed by atoms with van der Waals surface area (Å²) >= 11 is 0. The van der Waals surface area contributed by atoms with E-state index in [-0.39, 0.29) is 23.9 Å². The fraction of sp³-hybridized carbons (Fsp3) is 0.571. The number of aromatic nitrogens is 1. The second-order valence-electron chi connectivity index (χ2n) is 5.54. The van der Waals surface area contributed by atoms with E-state index in [2.05, 4.69) is 0 Å². The summed E-state index contributed by atoms with van der Waals surface area (Å²) in [6, 6.07) is 5.44. The van der Waals surface area contributed by atoms with Crippen LogP contribution in [-0.2, 0) is 11.3 Å². The smallest absolute Gasteiger partial charge is 0.250 e. The first-order valence-corrected chi connectivity index (χ1v) is 6.86. The third-order valence-electron chi connectivity index (χ3n) is 4.19. The van der Waals surface area contributed by atoms with Crippen LogP contribution in [0, 0.1) is 5.92 Å². The molecule has 0 radical (unpaired) electrons. The minimum Gasteiger partial charge on any atom is -0.342 e. The van der Waals surface area contributed by atoms with Crippen molar-refractivity contribution in [3.05, 3.63) is 34.2 Å². The molecule has 0 spiro atoms. The van der Waals surface area contributed by atoms with Gasteiger partial charge in [0.15, 0.2) is 0 Å². The van der Waals surface area contributed by atoms with Crippen LogP contribution in [0.25, 0.3) is 0 Å². The first kappa shape index (κ1) is 15.1. The number of amides is 1. The van der Waals surface area contributed by atoms with Gasteiger partial charge in [0.05, 0.1) is 0 Å². The van der Waals surface area contributed by atoms with Gasteiger partial charge in [0.1, 0.15) is 0 Å². The fourth-order valence-corrected chi connectivity index (χ4v) is 3.38. The molecular formula is C14H20ClN3O2. The van der Waals surface area contributed by atoms with Crippen LogP contribution >= 0.6 is 12.4 Å². The van der Waals surface area contributed by atoms with E-state index in [1.54, 1.807) is 6.07 Å². The molecule has 5 nitrogen and oxygen atoms in total. The Morgan fingerprint density at radius 3 is 2.85 bits per heavy atom. The molecule has 3 heterocycles. The van der Waals surface area contributed by atoms with E-state index < -0.39 is 0 Å². The third kappa shape index (κ3) is 2.60. The Bertz CT molecular complexity index is 558. The van der Waals surface area contributed by atoms with Crippen LogP contribution in [-0.4, -0.2) is 35.0 Å². The largest absolute Gasteiger partial charge is 0.342 e. The molecule has 0 unspecified atom stereocenters. The molecule has 2 aliphatic rings. The van der Waals surface area contributed by atoms with Crippen molar-refractivity contribution in [3.8, 4) is 0 Å². The van der Waals surface area contributed by atoms with Crippen molar-refractivity contribution < 1.29 is 4.79 Å². The second kappa shape index (κ2) is 5.97. The zero-order chi connectivity index (χ0) is 13.4. The van der Waals surface area contributed by atoms with Crippen LogP contribution in [0.1, 0.15) is 24.5 Å². The number of hydrogen-bond acceptors (Lipinski definition) is 3. The van der Waals surface area contributed by atoms with Crippen molar-refractivity contribution in [3.63, 3.8) is 0 Å². The maximum Gasteiger partial charge on any atom is 0.250 e. The van der Waals surface area contributed by atoms with E-state index in [0.717, 1.165) is 31.7 Å². The Morgan fingerprint density at radius 1 is 1.30 bits per heavy atom. The number of piperidine rings is 1. The van der Waals surface area contributed by atoms with Gasteiger partial charge in [-0.2, -0.15) is 0 Å². The lowest BCUT2D eigenvalue weighted by molar-refractivity contribution is -0.133. The number of likely N-dealkylation sites (tertiary alicyclic amines) is 1. The van der Waals surface area contributed by atoms with Crippen LogP contribution < -0.4 is 11.3 Å². The average Bonchev–Trinajstić information content (AvgIpc) is 2.40. The highest BCUT2D eigenvalue weighted by atomic mass is 35.5. The molecular weight excluding hydrogens is 278 g/mol. The van der Waals surface area contributed by atoms with Gasteiger partial charge in [-0.15, -0.1) is 12.4 Å². The van der Waals surface area contributed by atoms with Gasteiger partial charge in [-0.25, -0.2) is 0 Å². The van der Waals surface area contributed by atoms with Crippen molar-refractivity contribution in [2.45, 2.75) is 25.3 Å². The van der Waals surface area contributed by atoms with Crippen molar-refractivity contribution in [1.29, 1.82) is 0 Å². The van der Waals surface area contributed by atoms with Crippen LogP contribution in [0.3, 0.4) is 0 Å². The third-order valence-corrected chi connectivity index (χ3v) is 4.19. The van der Waals surface area contributed by atoms with Crippen molar-refractivity contribution in [2.24, 2.45) is 11.7 Å². The van der Waals surface area contributed by atoms with Gasteiger partial charge in [-0.1, -0.05) is 6.07 Å². The van der Waals surface area contributed by atoms with Crippen LogP contribution in [0.15, 0.2) is 23.0 Å². The number of rotatable bonds is 2. The molecule has 0 saturated carbocycles. The van der Waals surface area contributed by atoms with Crippen molar-refractivity contribution in [2.75, 3.05) is 19.6 Å². The van der Waals surface area contributed by atoms with E-state index in [1.165, 1.54) is 0 Å². The minimum atomic E-state index is 0. The molecule has 1 aromatic heterocycles. The highest BCUT2D eigenvalue weighted by molar-refractivity contribution is 5.85. The molecule has 0 aromatic carbocycles. The minimum absolute atomic E-state index is 0. The summed E-state index contributed by atoms with van der Waals surface area (Å²) in [6.45, 7) is 2.62. The van der Waals surface area contributed by atoms with E-state index in [1.807, 2.05) is 21.6 Å². The fourth-order valence-electron chi connectivity index (χ4n) is 3.38. The monoisotopic (exact) mass is 297 g/mol. The van der Waals surface area contributed by atoms with Crippen LogP contribution in [0.5, 0.6) is 0 Å². The molecule has 1 saturated heterocycles. The Balaban J connectivity index is 0.00000147. The summed E-state index contributed by atoms with van der Waals surface area (Å²) in [5.74, 6) is 0.833. The Hall–Kier alpha value is -1.33. The summed E-state index contributed by atoms with van der Waals surface area (Å²) in [7, 11) is 0. The predicted octanol–water partition coefficient (Wildman–Crippen LogP) is 0.565. The molecule has 2 aliphatic heterocycles. The van der Waals surface area contributed by atoms with Gasteiger partial charge in [0, 0.05) is 50.3 Å². The zero-order valence-electron chi connectivity index (χ0n) is 11.3. The SMILES string of the molecule is Cl.NCCC(=O)N1C[C@H]2C[C@H](C1)c1cccc(=O)n1C2. The predicted molar refractivity (Wildman–Crippen MR) is 79.0 cm³/mol. The highest BCUT2D eigenvalue weighted by Crippen LogP contribution is 2.34. The summed E-state index contributed by atoms with van der Waals surface area (Å²) in [4.78, 5) is 25.8. The summed E-state index contributed by atoms with van der Waals surface area (Å²) in [6.07, 6.45) is 1.50. The highest BCUT2D eigenvalue weighted by Gasteiger charge is 2.35. The molecule has 2 atom stereocenters. The number of fused-ring (bicyclic) bond motifs is 4. The van der Waals surface area contributed by atoms with Gasteiger partial charge in [0.25, 0.3) is 5.56 Å². The van der Waals surface area contributed by atoms with Gasteiger partial charge in [0.2, 0.25) is 5.91 Å². The van der Waals surface area contributed by atoms with E-state index in [4.69, 9.17) is 5.73 Å². The molecule has 1 aromatic rings. The summed E-state index contributed by atoms with van der Waals surface area (Å²) in [5, 5.41) is 0. The molecule has 110 valence electrons. The maximum absolute atomic E-state index is 12.0. The number of halogens is 1. The molecule has 3 rings (SSSR count). The number of carbonyl (C=O) groups is 1. The molecule has 2 bridgehead atoms. The summed E-state index contributed by atoms with van der Waals surface area (Å²) < 4.78 is 1.88. The standard InChI is InChI=1S/C14H19N3O2.ClH/c15-5-4-13(18)16-7-10-6-11(9-16)12-2-1-3-14(19)17(12)8-10;/h1-3,10-11H,4-9,15H2;1H/t10-,11-;/m1./s1. The lowest BCUT2D eigenvalue weighted by Gasteiger charge is -2.42. The van der Waals surface area contributed by atoms with Crippen LogP contribution in [0.4, 0.5) is 0 Å². The lowest BCUT2D eigenvalue weighted by atomic mass is 9.83. The normalized spacial score (nSPS) is 23.8. The van der Waals surface area contributed by atoms with E-state index in [9.17, 15) is 9.59 Å². The molecule has 2 N–H and O–H groups in total. The molecule has 1 amide bonds. The van der Waals surface area contributed by atoms with Crippen LogP contribution in [0.2, 0.25) is 0 Å². The van der Waals surface area contributed by atoms with Gasteiger partial charge in [-0.05, 0) is 18.4 Å². The number of pyridine rings is 1. The lowest BCUT2D eigenvalue weighted by Crippen LogP contribution is -2.49. The second-order valence-corrected chi connectivity index (χ2v) is 5.54. The van der Waals surface area contributed by atoms with Gasteiger partial charge >= 0.3 is 0 Å². The molecule has 1 fully saturated rings. The van der Waals surface area contributed by atoms with Gasteiger partial charge in [-0.3, -0.25) is 9.59 Å². The number of nitrogens with zero attached hydrogens (tertiary/aromatic N) is 2. The quantitative estimate of drug-likeness (QED) is 0.867. The first-order chi connectivity index (χ1) is 9.19. The Labute approximate surface area is 124 Å². The first-order valence-electron chi connectivity index (χ1n) is 6.86. The zero-order valence-corrected chi connectivity index (χ0v) is 12.1. The topological polar surface area (TPSA) is 68.3 Å². The molecule has 6 heteroatoms. The number of hydrogen-bond donors (Lipinski definition) is 1. The number of nitrogens with two attached hydrogens (primary N) is 1. The average molecular weight is 298 g/mol. The molecule has 20 heavy (non-hydrogen) atoms. The van der Waals surface area contributed by atoms with E-state index >= 15 is 0 Å². The Kier molecular flexibility index (Phi) is 4.50. The van der Waals surface area contributed by atoms with Gasteiger partial charge < -0.3 is 15.2 Å². The van der Waals surface area contributed by atoms with Crippen molar-refractivity contribution in [1.82, 2.24) is 9.47 Å². The summed E-state index contributed by atoms with van der Waals surface area (Å²) in [5.41, 5.74) is 6.61. The maximum atomic E-state index is 12.0. The van der Waals surface area contributed by atoms with E-state index in [0.29, 0.717) is 24.8 Å². The Morgan fingerprint density at radius 2 is 2.10 bits per heavy atom. The van der Waals surface area contributed by atoms with Crippen molar-refractivity contribution >= 4 is 18.3 Å². The molecule has 0 aliphatic carbocycles. The number of carbonyl (C=O) groups excluding carboxylic acids is 1.